The monoisotopic (exact) mass is 556 g/mol. The molecular weight excluding hydrogens is 504 g/mol. The molecule has 2 fully saturated rings. The first-order chi connectivity index (χ1) is 19.7. The molecule has 0 aliphatic heterocycles. The van der Waals surface area contributed by atoms with Crippen LogP contribution >= 0.6 is 0 Å². The van der Waals surface area contributed by atoms with Crippen molar-refractivity contribution in [2.75, 3.05) is 20.1 Å². The molecule has 0 saturated heterocycles. The van der Waals surface area contributed by atoms with E-state index in [1.807, 2.05) is 40.0 Å². The van der Waals surface area contributed by atoms with Gasteiger partial charge in [-0.2, -0.15) is 0 Å². The minimum atomic E-state index is -0.270. The normalized spacial score (nSPS) is 14.6. The Bertz CT molecular complexity index is 1190. The van der Waals surface area contributed by atoms with Crippen molar-refractivity contribution < 1.29 is 9.59 Å². The summed E-state index contributed by atoms with van der Waals surface area (Å²) in [4.78, 5) is 22.4. The number of hydrogen-bond donors (Lipinski definition) is 2. The largest absolute Gasteiger partial charge is 0.348 e. The van der Waals surface area contributed by atoms with Gasteiger partial charge in [0.1, 0.15) is 0 Å². The van der Waals surface area contributed by atoms with E-state index in [4.69, 9.17) is 0 Å². The highest BCUT2D eigenvalue weighted by Gasteiger charge is 2.38. The van der Waals surface area contributed by atoms with Gasteiger partial charge in [-0.05, 0) is 88.1 Å². The van der Waals surface area contributed by atoms with E-state index >= 15 is 0 Å². The maximum absolute atomic E-state index is 11.3. The number of rotatable bonds is 9. The molecule has 1 aromatic carbocycles. The van der Waals surface area contributed by atoms with E-state index in [1.165, 1.54) is 55.4 Å². The molecule has 0 aromatic heterocycles. The lowest BCUT2D eigenvalue weighted by Gasteiger charge is -2.11. The molecule has 0 atom stereocenters. The molecule has 222 valence electrons. The third-order valence-corrected chi connectivity index (χ3v) is 6.55. The molecule has 2 aliphatic rings. The van der Waals surface area contributed by atoms with Crippen LogP contribution in [0.4, 0.5) is 0 Å². The smallest absolute Gasteiger partial charge is 0.251 e. The molecule has 3 rings (SSSR count). The number of carbonyl (C=O) groups is 2. The number of Topliss-reactive ketones (excluding diaryl/α,β-unsaturated/α-hetero) is 1. The Hall–Kier alpha value is -3.64. The Morgan fingerprint density at radius 2 is 1.76 bits per heavy atom. The number of carbonyl (C=O) groups excluding carboxylic acids is 2. The molecule has 41 heavy (non-hydrogen) atoms. The summed E-state index contributed by atoms with van der Waals surface area (Å²) in [6, 6.07) is 6.74. The van der Waals surface area contributed by atoms with E-state index < -0.39 is 0 Å². The van der Waals surface area contributed by atoms with E-state index in [-0.39, 0.29) is 11.7 Å². The van der Waals surface area contributed by atoms with E-state index in [0.717, 1.165) is 18.0 Å². The van der Waals surface area contributed by atoms with Crippen molar-refractivity contribution in [1.82, 2.24) is 10.6 Å². The van der Waals surface area contributed by atoms with Crippen LogP contribution in [0.15, 0.2) is 72.5 Å². The van der Waals surface area contributed by atoms with Crippen molar-refractivity contribution in [2.24, 2.45) is 5.92 Å². The Morgan fingerprint density at radius 3 is 2.20 bits per heavy atom. The predicted molar refractivity (Wildman–Crippen MR) is 179 cm³/mol. The quantitative estimate of drug-likeness (QED) is 0.140. The number of allylic oxidation sites excluding steroid dienone is 3. The molecule has 0 heterocycles. The molecule has 0 radical (unpaired) electrons. The minimum Gasteiger partial charge on any atom is -0.348 e. The highest BCUT2D eigenvalue weighted by Crippen LogP contribution is 2.47. The summed E-state index contributed by atoms with van der Waals surface area (Å²) in [6.07, 6.45) is 16.3. The SMILES string of the molecule is C=C=CC(=O)NCC(=C/C)/C(=C\C)C(C)=O.C=Cc1ccc(C2(C)CC2)cc1/C=C\C.CC.CNCC#CC1CC1. The van der Waals surface area contributed by atoms with Crippen LogP contribution in [0.1, 0.15) is 90.8 Å². The molecule has 0 bridgehead atoms. The number of amides is 1. The summed E-state index contributed by atoms with van der Waals surface area (Å²) >= 11 is 0. The Labute approximate surface area is 250 Å². The summed E-state index contributed by atoms with van der Waals surface area (Å²) in [5.74, 6) is 6.65. The van der Waals surface area contributed by atoms with Crippen LogP contribution in [-0.2, 0) is 15.0 Å². The third-order valence-electron chi connectivity index (χ3n) is 6.55. The highest BCUT2D eigenvalue weighted by atomic mass is 16.1. The maximum Gasteiger partial charge on any atom is 0.251 e. The minimum absolute atomic E-state index is 0.0101. The van der Waals surface area contributed by atoms with Crippen LogP contribution in [0.2, 0.25) is 0 Å². The Balaban J connectivity index is 0.000000593. The predicted octanol–water partition coefficient (Wildman–Crippen LogP) is 7.98. The van der Waals surface area contributed by atoms with Crippen LogP contribution in [0.3, 0.4) is 0 Å². The van der Waals surface area contributed by atoms with Crippen molar-refractivity contribution in [3.63, 3.8) is 0 Å². The topological polar surface area (TPSA) is 58.2 Å². The highest BCUT2D eigenvalue weighted by molar-refractivity contribution is 5.98. The lowest BCUT2D eigenvalue weighted by Crippen LogP contribution is -2.24. The summed E-state index contributed by atoms with van der Waals surface area (Å²) in [7, 11) is 1.92. The van der Waals surface area contributed by atoms with Crippen LogP contribution in [0.5, 0.6) is 0 Å². The molecule has 4 heteroatoms. The van der Waals surface area contributed by atoms with Gasteiger partial charge in [0, 0.05) is 24.1 Å². The summed E-state index contributed by atoms with van der Waals surface area (Å²) in [5, 5.41) is 5.62. The van der Waals surface area contributed by atoms with Gasteiger partial charge in [0.25, 0.3) is 5.91 Å². The molecule has 1 amide bonds. The van der Waals surface area contributed by atoms with E-state index in [2.05, 4.69) is 85.6 Å². The summed E-state index contributed by atoms with van der Waals surface area (Å²) in [6.45, 7) is 21.9. The van der Waals surface area contributed by atoms with Gasteiger partial charge in [0.2, 0.25) is 0 Å². The first kappa shape index (κ1) is 37.4. The van der Waals surface area contributed by atoms with Crippen LogP contribution in [-0.4, -0.2) is 31.8 Å². The van der Waals surface area contributed by atoms with Gasteiger partial charge in [-0.1, -0.05) is 94.3 Å². The first-order valence-electron chi connectivity index (χ1n) is 14.7. The second kappa shape index (κ2) is 21.2. The molecule has 2 N–H and O–H groups in total. The third kappa shape index (κ3) is 15.1. The standard InChI is InChI=1S/C15H18.C13H17NO2.C7H11N.C2H6/c1-4-6-13-11-14(15(3)9-10-15)8-7-12(13)5-2;1-5-8-13(16)14-9-11(6-2)12(7-3)10(4)15;1-8-6-2-3-7-4-5-7;1-2/h4-8,11H,2,9-10H2,1,3H3;6-8H,1,9H2,2-4H3,(H,14,16);7-8H,4-6H2,1H3;1-2H3/b6-4-;11-6-,12-7-;;. The second-order valence-corrected chi connectivity index (χ2v) is 9.87. The lowest BCUT2D eigenvalue weighted by molar-refractivity contribution is -0.116. The van der Waals surface area contributed by atoms with Crippen LogP contribution in [0, 0.1) is 17.8 Å². The number of nitrogens with one attached hydrogen (secondary N) is 2. The van der Waals surface area contributed by atoms with Gasteiger partial charge >= 0.3 is 0 Å². The van der Waals surface area contributed by atoms with Gasteiger partial charge in [0.15, 0.2) is 5.78 Å². The first-order valence-corrected chi connectivity index (χ1v) is 14.7. The van der Waals surface area contributed by atoms with Crippen molar-refractivity contribution in [1.29, 1.82) is 0 Å². The van der Waals surface area contributed by atoms with Crippen molar-refractivity contribution >= 4 is 23.8 Å². The average Bonchev–Trinajstić information content (AvgIpc) is 3.91. The molecule has 1 aromatic rings. The summed E-state index contributed by atoms with van der Waals surface area (Å²) < 4.78 is 0. The molecule has 4 nitrogen and oxygen atoms in total. The zero-order chi connectivity index (χ0) is 31.3. The zero-order valence-electron chi connectivity index (χ0n) is 26.7. The van der Waals surface area contributed by atoms with Gasteiger partial charge in [0.05, 0.1) is 6.54 Å². The van der Waals surface area contributed by atoms with E-state index in [0.29, 0.717) is 17.5 Å². The average molecular weight is 557 g/mol. The van der Waals surface area contributed by atoms with E-state index in [1.54, 1.807) is 13.0 Å². The number of benzene rings is 1. The second-order valence-electron chi connectivity index (χ2n) is 9.87. The van der Waals surface area contributed by atoms with Gasteiger partial charge in [-0.15, -0.1) is 5.73 Å². The molecular formula is C37H52N2O2. The van der Waals surface area contributed by atoms with Crippen molar-refractivity contribution in [3.05, 3.63) is 89.2 Å². The molecule has 2 aliphatic carbocycles. The number of hydrogen-bond acceptors (Lipinski definition) is 3. The number of ketones is 1. The fourth-order valence-electron chi connectivity index (χ4n) is 3.74. The lowest BCUT2D eigenvalue weighted by atomic mass is 9.94. The van der Waals surface area contributed by atoms with Gasteiger partial charge in [-0.25, -0.2) is 0 Å². The zero-order valence-corrected chi connectivity index (χ0v) is 26.7. The van der Waals surface area contributed by atoms with Crippen molar-refractivity contribution in [3.8, 4) is 11.8 Å². The molecule has 2 saturated carbocycles. The van der Waals surface area contributed by atoms with Crippen LogP contribution < -0.4 is 10.6 Å². The van der Waals surface area contributed by atoms with Crippen LogP contribution in [0.25, 0.3) is 12.2 Å². The molecule has 0 spiro atoms. The van der Waals surface area contributed by atoms with E-state index in [9.17, 15) is 9.59 Å². The maximum atomic E-state index is 11.3. The Kier molecular flexibility index (Phi) is 19.3. The Morgan fingerprint density at radius 1 is 1.10 bits per heavy atom. The van der Waals surface area contributed by atoms with Gasteiger partial charge in [-0.3, -0.25) is 9.59 Å². The van der Waals surface area contributed by atoms with Gasteiger partial charge < -0.3 is 10.6 Å². The fraction of sp³-hybridized carbons (Fsp3) is 0.432. The molecule has 0 unspecified atom stereocenters. The van der Waals surface area contributed by atoms with Crippen molar-refractivity contribution in [2.45, 2.75) is 79.6 Å². The summed E-state index contributed by atoms with van der Waals surface area (Å²) in [5.41, 5.74) is 8.26. The fourth-order valence-corrected chi connectivity index (χ4v) is 3.74.